The van der Waals surface area contributed by atoms with Gasteiger partial charge in [0.05, 0.1) is 0 Å². The standard InChI is InChI=1S/C21H43N5O3/c1-18(2)17-28-16-8-10-24-19(22-6)23-9-7-11-25-12-14-26(15-13-25)20(27)29-21(3,4)5/h18H,7-17H2,1-6H3,(H2,22,23,24). The van der Waals surface area contributed by atoms with Crippen molar-refractivity contribution in [3.8, 4) is 0 Å². The largest absolute Gasteiger partial charge is 0.444 e. The molecular weight excluding hydrogens is 370 g/mol. The molecule has 0 aromatic heterocycles. The van der Waals surface area contributed by atoms with Crippen LogP contribution in [0.5, 0.6) is 0 Å². The van der Waals surface area contributed by atoms with Gasteiger partial charge in [-0.05, 0) is 46.1 Å². The SMILES string of the molecule is CN=C(NCCCOCC(C)C)NCCCN1CCN(C(=O)OC(C)(C)C)CC1. The highest BCUT2D eigenvalue weighted by atomic mass is 16.6. The van der Waals surface area contributed by atoms with Crippen molar-refractivity contribution < 1.29 is 14.3 Å². The lowest BCUT2D eigenvalue weighted by molar-refractivity contribution is 0.0145. The Bertz CT molecular complexity index is 483. The first-order chi connectivity index (χ1) is 13.7. The second kappa shape index (κ2) is 13.6. The normalized spacial score (nSPS) is 16.2. The van der Waals surface area contributed by atoms with Crippen molar-refractivity contribution in [2.24, 2.45) is 10.9 Å². The number of amides is 1. The number of nitrogens with one attached hydrogen (secondary N) is 2. The smallest absolute Gasteiger partial charge is 0.410 e. The summed E-state index contributed by atoms with van der Waals surface area (Å²) >= 11 is 0. The van der Waals surface area contributed by atoms with Crippen molar-refractivity contribution in [2.75, 3.05) is 66.1 Å². The Morgan fingerprint density at radius 2 is 1.69 bits per heavy atom. The first-order valence-electron chi connectivity index (χ1n) is 10.9. The van der Waals surface area contributed by atoms with Crippen LogP contribution in [0.4, 0.5) is 4.79 Å². The lowest BCUT2D eigenvalue weighted by Crippen LogP contribution is -2.50. The first kappa shape index (κ1) is 25.5. The molecule has 1 rings (SSSR count). The fraction of sp³-hybridized carbons (Fsp3) is 0.905. The van der Waals surface area contributed by atoms with E-state index in [1.54, 1.807) is 11.9 Å². The fourth-order valence-corrected chi connectivity index (χ4v) is 2.91. The minimum absolute atomic E-state index is 0.205. The summed E-state index contributed by atoms with van der Waals surface area (Å²) in [5.41, 5.74) is -0.437. The molecule has 0 atom stereocenters. The highest BCUT2D eigenvalue weighted by Gasteiger charge is 2.25. The topological polar surface area (TPSA) is 78.4 Å². The summed E-state index contributed by atoms with van der Waals surface area (Å²) < 4.78 is 11.0. The summed E-state index contributed by atoms with van der Waals surface area (Å²) in [6.07, 6.45) is 1.79. The summed E-state index contributed by atoms with van der Waals surface area (Å²) in [6.45, 7) is 17.6. The Kier molecular flexibility index (Phi) is 12.0. The van der Waals surface area contributed by atoms with Crippen molar-refractivity contribution >= 4 is 12.1 Å². The van der Waals surface area contributed by atoms with Crippen molar-refractivity contribution in [3.05, 3.63) is 0 Å². The summed E-state index contributed by atoms with van der Waals surface area (Å²) in [5.74, 6) is 1.42. The predicted molar refractivity (Wildman–Crippen MR) is 119 cm³/mol. The molecule has 0 saturated carbocycles. The van der Waals surface area contributed by atoms with Crippen molar-refractivity contribution in [3.63, 3.8) is 0 Å². The monoisotopic (exact) mass is 413 g/mol. The molecule has 8 heteroatoms. The molecule has 0 radical (unpaired) electrons. The molecule has 0 aromatic rings. The minimum Gasteiger partial charge on any atom is -0.444 e. The van der Waals surface area contributed by atoms with Crippen LogP contribution in [0, 0.1) is 5.92 Å². The Morgan fingerprint density at radius 1 is 1.07 bits per heavy atom. The minimum atomic E-state index is -0.437. The zero-order chi connectivity index (χ0) is 21.7. The Labute approximate surface area is 177 Å². The zero-order valence-corrected chi connectivity index (χ0v) is 19.4. The van der Waals surface area contributed by atoms with Gasteiger partial charge in [-0.15, -0.1) is 0 Å². The molecule has 170 valence electrons. The zero-order valence-electron chi connectivity index (χ0n) is 19.4. The number of hydrogen-bond donors (Lipinski definition) is 2. The second-order valence-corrected chi connectivity index (χ2v) is 8.91. The molecule has 29 heavy (non-hydrogen) atoms. The van der Waals surface area contributed by atoms with E-state index in [4.69, 9.17) is 9.47 Å². The van der Waals surface area contributed by atoms with Crippen LogP contribution in [-0.2, 0) is 9.47 Å². The molecule has 1 fully saturated rings. The van der Waals surface area contributed by atoms with Gasteiger partial charge in [0.15, 0.2) is 5.96 Å². The number of rotatable bonds is 10. The van der Waals surface area contributed by atoms with Gasteiger partial charge >= 0.3 is 6.09 Å². The Hall–Kier alpha value is -1.54. The van der Waals surface area contributed by atoms with Gasteiger partial charge in [-0.25, -0.2) is 4.79 Å². The number of hydrogen-bond acceptors (Lipinski definition) is 5. The maximum Gasteiger partial charge on any atom is 0.410 e. The third kappa shape index (κ3) is 12.6. The van der Waals surface area contributed by atoms with Gasteiger partial charge < -0.3 is 25.0 Å². The van der Waals surface area contributed by atoms with Crippen LogP contribution in [-0.4, -0.2) is 93.5 Å². The van der Waals surface area contributed by atoms with E-state index in [-0.39, 0.29) is 6.09 Å². The summed E-state index contributed by atoms with van der Waals surface area (Å²) in [6, 6.07) is 0. The quantitative estimate of drug-likeness (QED) is 0.325. The van der Waals surface area contributed by atoms with E-state index < -0.39 is 5.60 Å². The summed E-state index contributed by atoms with van der Waals surface area (Å²) in [7, 11) is 1.79. The molecule has 0 spiro atoms. The van der Waals surface area contributed by atoms with Gasteiger partial charge in [-0.1, -0.05) is 13.8 Å². The van der Waals surface area contributed by atoms with Crippen LogP contribution in [0.2, 0.25) is 0 Å². The number of guanidine groups is 1. The number of nitrogens with zero attached hydrogens (tertiary/aromatic N) is 3. The molecule has 0 bridgehead atoms. The highest BCUT2D eigenvalue weighted by molar-refractivity contribution is 5.79. The lowest BCUT2D eigenvalue weighted by Gasteiger charge is -2.35. The molecule has 1 heterocycles. The van der Waals surface area contributed by atoms with E-state index in [9.17, 15) is 4.79 Å². The van der Waals surface area contributed by atoms with Crippen LogP contribution < -0.4 is 10.6 Å². The Balaban J connectivity index is 2.08. The average molecular weight is 414 g/mol. The van der Waals surface area contributed by atoms with Gasteiger partial charge in [0.25, 0.3) is 0 Å². The molecule has 0 aliphatic carbocycles. The molecule has 2 N–H and O–H groups in total. The van der Waals surface area contributed by atoms with Crippen LogP contribution in [0.1, 0.15) is 47.5 Å². The van der Waals surface area contributed by atoms with Crippen LogP contribution in [0.3, 0.4) is 0 Å². The number of carbonyl (C=O) groups excluding carboxylic acids is 1. The van der Waals surface area contributed by atoms with E-state index >= 15 is 0 Å². The highest BCUT2D eigenvalue weighted by Crippen LogP contribution is 2.11. The fourth-order valence-electron chi connectivity index (χ4n) is 2.91. The van der Waals surface area contributed by atoms with Crippen molar-refractivity contribution in [2.45, 2.75) is 53.1 Å². The molecule has 8 nitrogen and oxygen atoms in total. The first-order valence-corrected chi connectivity index (χ1v) is 10.9. The van der Waals surface area contributed by atoms with Gasteiger partial charge in [-0.3, -0.25) is 9.89 Å². The molecule has 1 aliphatic rings. The molecule has 0 aromatic carbocycles. The Morgan fingerprint density at radius 3 is 2.24 bits per heavy atom. The molecular formula is C21H43N5O3. The van der Waals surface area contributed by atoms with Gasteiger partial charge in [0, 0.05) is 59.5 Å². The van der Waals surface area contributed by atoms with Gasteiger partial charge in [-0.2, -0.15) is 0 Å². The molecule has 1 aliphatic heterocycles. The van der Waals surface area contributed by atoms with Crippen molar-refractivity contribution in [1.82, 2.24) is 20.4 Å². The maximum absolute atomic E-state index is 12.1. The lowest BCUT2D eigenvalue weighted by atomic mass is 10.2. The number of aliphatic imine (C=N–C) groups is 1. The van der Waals surface area contributed by atoms with E-state index in [0.717, 1.165) is 77.8 Å². The number of carbonyl (C=O) groups is 1. The van der Waals surface area contributed by atoms with Crippen LogP contribution in [0.15, 0.2) is 4.99 Å². The molecule has 0 unspecified atom stereocenters. The van der Waals surface area contributed by atoms with Crippen LogP contribution in [0.25, 0.3) is 0 Å². The number of ether oxygens (including phenoxy) is 2. The van der Waals surface area contributed by atoms with E-state index in [2.05, 4.69) is 34.4 Å². The van der Waals surface area contributed by atoms with E-state index in [0.29, 0.717) is 5.92 Å². The summed E-state index contributed by atoms with van der Waals surface area (Å²) in [5, 5.41) is 6.68. The number of piperazine rings is 1. The van der Waals surface area contributed by atoms with E-state index in [1.807, 2.05) is 20.8 Å². The predicted octanol–water partition coefficient (Wildman–Crippen LogP) is 2.16. The van der Waals surface area contributed by atoms with Gasteiger partial charge in [0.1, 0.15) is 5.60 Å². The van der Waals surface area contributed by atoms with Crippen LogP contribution >= 0.6 is 0 Å². The van der Waals surface area contributed by atoms with E-state index in [1.165, 1.54) is 0 Å². The third-order valence-corrected chi connectivity index (χ3v) is 4.40. The van der Waals surface area contributed by atoms with Crippen molar-refractivity contribution in [1.29, 1.82) is 0 Å². The van der Waals surface area contributed by atoms with Gasteiger partial charge in [0.2, 0.25) is 0 Å². The maximum atomic E-state index is 12.1. The average Bonchev–Trinajstić information content (AvgIpc) is 2.65. The molecule has 1 amide bonds. The second-order valence-electron chi connectivity index (χ2n) is 8.91. The summed E-state index contributed by atoms with van der Waals surface area (Å²) in [4.78, 5) is 20.6. The third-order valence-electron chi connectivity index (χ3n) is 4.40. The molecule has 1 saturated heterocycles.